The highest BCUT2D eigenvalue weighted by atomic mass is 32.1. The van der Waals surface area contributed by atoms with E-state index in [0.29, 0.717) is 11.4 Å². The Hall–Kier alpha value is -3.78. The molecule has 0 aliphatic carbocycles. The minimum Gasteiger partial charge on any atom is -0.467 e. The molecule has 1 unspecified atom stereocenters. The predicted molar refractivity (Wildman–Crippen MR) is 119 cm³/mol. The molecule has 0 saturated carbocycles. The molecule has 1 atom stereocenters. The summed E-state index contributed by atoms with van der Waals surface area (Å²) in [6.07, 6.45) is 4.63. The molecule has 1 N–H and O–H groups in total. The standard InChI is InChI=1S/C24H20FN3O3S/c25-21-10-2-1-9-20(21)23(24(30)27-16-18-7-4-12-31-18)28(17-6-3-11-26-15-17)22(29)14-19-8-5-13-32-19/h1-13,15,23H,14,16H2,(H,27,30). The topological polar surface area (TPSA) is 75.4 Å². The Labute approximate surface area is 188 Å². The molecule has 0 bridgehead atoms. The van der Waals surface area contributed by atoms with Gasteiger partial charge in [0.1, 0.15) is 17.6 Å². The Bertz CT molecular complexity index is 1160. The molecule has 0 fully saturated rings. The zero-order chi connectivity index (χ0) is 22.3. The maximum absolute atomic E-state index is 14.9. The molecule has 4 rings (SSSR count). The molecule has 3 aromatic heterocycles. The van der Waals surface area contributed by atoms with Gasteiger partial charge in [0.2, 0.25) is 11.8 Å². The van der Waals surface area contributed by atoms with Gasteiger partial charge in [0.15, 0.2) is 0 Å². The molecule has 0 aliphatic rings. The fourth-order valence-electron chi connectivity index (χ4n) is 3.36. The van der Waals surface area contributed by atoms with Crippen LogP contribution in [0.2, 0.25) is 0 Å². The van der Waals surface area contributed by atoms with E-state index in [4.69, 9.17) is 4.42 Å². The van der Waals surface area contributed by atoms with Gasteiger partial charge in [-0.3, -0.25) is 19.5 Å². The lowest BCUT2D eigenvalue weighted by Gasteiger charge is -2.31. The number of aromatic nitrogens is 1. The number of nitrogens with one attached hydrogen (secondary N) is 1. The van der Waals surface area contributed by atoms with Crippen molar-refractivity contribution in [2.75, 3.05) is 4.90 Å². The summed E-state index contributed by atoms with van der Waals surface area (Å²) in [5.74, 6) is -0.913. The summed E-state index contributed by atoms with van der Waals surface area (Å²) in [5, 5.41) is 4.64. The highest BCUT2D eigenvalue weighted by molar-refractivity contribution is 7.10. The average molecular weight is 450 g/mol. The molecule has 1 aromatic carbocycles. The summed E-state index contributed by atoms with van der Waals surface area (Å²) in [7, 11) is 0. The molecule has 8 heteroatoms. The van der Waals surface area contributed by atoms with Crippen molar-refractivity contribution in [1.82, 2.24) is 10.3 Å². The van der Waals surface area contributed by atoms with Crippen molar-refractivity contribution >= 4 is 28.8 Å². The van der Waals surface area contributed by atoms with Crippen LogP contribution in [0.1, 0.15) is 22.2 Å². The van der Waals surface area contributed by atoms with Crippen molar-refractivity contribution < 1.29 is 18.4 Å². The molecule has 32 heavy (non-hydrogen) atoms. The first-order chi connectivity index (χ1) is 15.6. The minimum absolute atomic E-state index is 0.0724. The molecule has 3 heterocycles. The van der Waals surface area contributed by atoms with Crippen molar-refractivity contribution in [2.24, 2.45) is 0 Å². The molecule has 0 radical (unpaired) electrons. The van der Waals surface area contributed by atoms with E-state index in [1.54, 1.807) is 42.6 Å². The number of halogens is 1. The van der Waals surface area contributed by atoms with Gasteiger partial charge < -0.3 is 9.73 Å². The Morgan fingerprint density at radius 1 is 1.09 bits per heavy atom. The first-order valence-electron chi connectivity index (χ1n) is 9.92. The summed E-state index contributed by atoms with van der Waals surface area (Å²) in [5.41, 5.74) is 0.489. The number of amides is 2. The van der Waals surface area contributed by atoms with Gasteiger partial charge in [-0.1, -0.05) is 24.3 Å². The van der Waals surface area contributed by atoms with Crippen LogP contribution in [-0.4, -0.2) is 16.8 Å². The second-order valence-electron chi connectivity index (χ2n) is 6.95. The lowest BCUT2D eigenvalue weighted by atomic mass is 10.0. The summed E-state index contributed by atoms with van der Waals surface area (Å²) in [6, 6.07) is 15.2. The SMILES string of the molecule is O=C(NCc1ccco1)C(c1ccccc1F)N(C(=O)Cc1cccs1)c1cccnc1. The summed E-state index contributed by atoms with van der Waals surface area (Å²) in [4.78, 5) is 33.1. The normalized spacial score (nSPS) is 11.7. The molecule has 2 amide bonds. The van der Waals surface area contributed by atoms with Crippen molar-refractivity contribution in [3.05, 3.63) is 107 Å². The highest BCUT2D eigenvalue weighted by Crippen LogP contribution is 2.30. The van der Waals surface area contributed by atoms with Crippen LogP contribution < -0.4 is 10.2 Å². The number of pyridine rings is 1. The van der Waals surface area contributed by atoms with E-state index in [2.05, 4.69) is 10.3 Å². The number of rotatable bonds is 8. The van der Waals surface area contributed by atoms with Crippen LogP contribution in [0.25, 0.3) is 0 Å². The maximum atomic E-state index is 14.9. The third-order valence-electron chi connectivity index (χ3n) is 4.82. The van der Waals surface area contributed by atoms with Crippen LogP contribution in [0.4, 0.5) is 10.1 Å². The second-order valence-corrected chi connectivity index (χ2v) is 7.98. The Balaban J connectivity index is 1.74. The van der Waals surface area contributed by atoms with Crippen molar-refractivity contribution in [3.63, 3.8) is 0 Å². The van der Waals surface area contributed by atoms with Gasteiger partial charge in [0, 0.05) is 16.6 Å². The van der Waals surface area contributed by atoms with E-state index >= 15 is 0 Å². The van der Waals surface area contributed by atoms with Crippen LogP contribution in [0, 0.1) is 5.82 Å². The highest BCUT2D eigenvalue weighted by Gasteiger charge is 2.34. The van der Waals surface area contributed by atoms with Gasteiger partial charge in [-0.15, -0.1) is 11.3 Å². The third kappa shape index (κ3) is 4.92. The summed E-state index contributed by atoms with van der Waals surface area (Å²) < 4.78 is 20.2. The van der Waals surface area contributed by atoms with E-state index in [1.807, 2.05) is 17.5 Å². The molecule has 4 aromatic rings. The first-order valence-corrected chi connectivity index (χ1v) is 10.8. The number of thiophene rings is 1. The van der Waals surface area contributed by atoms with Gasteiger partial charge in [-0.05, 0) is 41.8 Å². The summed E-state index contributed by atoms with van der Waals surface area (Å²) in [6.45, 7) is 0.108. The van der Waals surface area contributed by atoms with Crippen LogP contribution >= 0.6 is 11.3 Å². The molecule has 6 nitrogen and oxygen atoms in total. The third-order valence-corrected chi connectivity index (χ3v) is 5.70. The monoisotopic (exact) mass is 449 g/mol. The lowest BCUT2D eigenvalue weighted by molar-refractivity contribution is -0.126. The minimum atomic E-state index is -1.23. The van der Waals surface area contributed by atoms with E-state index < -0.39 is 17.8 Å². The van der Waals surface area contributed by atoms with Gasteiger partial charge in [0.05, 0.1) is 31.1 Å². The van der Waals surface area contributed by atoms with Crippen molar-refractivity contribution in [1.29, 1.82) is 0 Å². The maximum Gasteiger partial charge on any atom is 0.248 e. The first kappa shape index (κ1) is 21.5. The number of anilines is 1. The second kappa shape index (κ2) is 10.0. The molecule has 162 valence electrons. The zero-order valence-corrected chi connectivity index (χ0v) is 17.8. The van der Waals surface area contributed by atoms with E-state index in [0.717, 1.165) is 4.88 Å². The number of hydrogen-bond donors (Lipinski definition) is 1. The smallest absolute Gasteiger partial charge is 0.248 e. The van der Waals surface area contributed by atoms with Crippen molar-refractivity contribution in [2.45, 2.75) is 19.0 Å². The average Bonchev–Trinajstić information content (AvgIpc) is 3.51. The fraction of sp³-hybridized carbons (Fsp3) is 0.125. The number of carbonyl (C=O) groups is 2. The number of nitrogens with zero attached hydrogens (tertiary/aromatic N) is 2. The Morgan fingerprint density at radius 3 is 2.66 bits per heavy atom. The molecule has 0 saturated heterocycles. The summed E-state index contributed by atoms with van der Waals surface area (Å²) >= 11 is 1.44. The van der Waals surface area contributed by atoms with Crippen LogP contribution in [0.5, 0.6) is 0 Å². The van der Waals surface area contributed by atoms with E-state index in [-0.39, 0.29) is 24.4 Å². The van der Waals surface area contributed by atoms with Crippen LogP contribution in [0.3, 0.4) is 0 Å². The zero-order valence-electron chi connectivity index (χ0n) is 17.0. The molecule has 0 aliphatic heterocycles. The number of benzene rings is 1. The van der Waals surface area contributed by atoms with E-state index in [1.165, 1.54) is 40.8 Å². The predicted octanol–water partition coefficient (Wildman–Crippen LogP) is 4.51. The van der Waals surface area contributed by atoms with Crippen LogP contribution in [0.15, 0.2) is 89.1 Å². The number of hydrogen-bond acceptors (Lipinski definition) is 5. The lowest BCUT2D eigenvalue weighted by Crippen LogP contribution is -2.44. The van der Waals surface area contributed by atoms with Gasteiger partial charge in [-0.2, -0.15) is 0 Å². The largest absolute Gasteiger partial charge is 0.467 e. The van der Waals surface area contributed by atoms with Gasteiger partial charge in [0.25, 0.3) is 0 Å². The van der Waals surface area contributed by atoms with Gasteiger partial charge in [-0.25, -0.2) is 4.39 Å². The Morgan fingerprint density at radius 2 is 1.97 bits per heavy atom. The van der Waals surface area contributed by atoms with Gasteiger partial charge >= 0.3 is 0 Å². The van der Waals surface area contributed by atoms with E-state index in [9.17, 15) is 14.0 Å². The molecular formula is C24H20FN3O3S. The Kier molecular flexibility index (Phi) is 6.72. The van der Waals surface area contributed by atoms with Crippen LogP contribution in [-0.2, 0) is 22.6 Å². The number of carbonyl (C=O) groups excluding carboxylic acids is 2. The number of furan rings is 1. The van der Waals surface area contributed by atoms with Crippen molar-refractivity contribution in [3.8, 4) is 0 Å². The molecule has 0 spiro atoms. The molecular weight excluding hydrogens is 429 g/mol. The fourth-order valence-corrected chi connectivity index (χ4v) is 4.06. The quantitative estimate of drug-likeness (QED) is 0.430.